The van der Waals surface area contributed by atoms with Crippen LogP contribution in [-0.2, 0) is 10.3 Å². The van der Waals surface area contributed by atoms with Crippen molar-refractivity contribution in [3.63, 3.8) is 0 Å². The minimum absolute atomic E-state index is 0.471. The Morgan fingerprint density at radius 1 is 1.69 bits per heavy atom. The number of carbonyl (C=O) groups is 1. The van der Waals surface area contributed by atoms with E-state index in [9.17, 15) is 4.79 Å². The van der Waals surface area contributed by atoms with Gasteiger partial charge in [0.05, 0.1) is 6.33 Å². The lowest BCUT2D eigenvalue weighted by Crippen LogP contribution is -2.43. The second-order valence-corrected chi connectivity index (χ2v) is 3.23. The maximum Gasteiger partial charge on any atom is 0.331 e. The van der Waals surface area contributed by atoms with Gasteiger partial charge in [0.15, 0.2) is 5.54 Å². The average Bonchev–Trinajstić information content (AvgIpc) is 2.75. The van der Waals surface area contributed by atoms with Crippen LogP contribution in [0.1, 0.15) is 6.42 Å². The molecule has 5 nitrogen and oxygen atoms in total. The fourth-order valence-corrected chi connectivity index (χ4v) is 1.70. The summed E-state index contributed by atoms with van der Waals surface area (Å²) in [6, 6.07) is 0. The molecule has 1 aromatic rings. The second kappa shape index (κ2) is 2.85. The van der Waals surface area contributed by atoms with Gasteiger partial charge in [0.2, 0.25) is 0 Å². The molecule has 1 aliphatic heterocycles. The van der Waals surface area contributed by atoms with Gasteiger partial charge in [-0.1, -0.05) is 0 Å². The third kappa shape index (κ3) is 1.12. The van der Waals surface area contributed by atoms with Gasteiger partial charge in [0.1, 0.15) is 0 Å². The molecule has 1 saturated heterocycles. The molecule has 0 amide bonds. The highest BCUT2D eigenvalue weighted by molar-refractivity contribution is 5.77. The molecule has 1 unspecified atom stereocenters. The molecule has 70 valence electrons. The highest BCUT2D eigenvalue weighted by Crippen LogP contribution is 2.24. The normalized spacial score (nSPS) is 27.7. The molecule has 1 aromatic heterocycles. The summed E-state index contributed by atoms with van der Waals surface area (Å²) in [5.41, 5.74) is -0.823. The fourth-order valence-electron chi connectivity index (χ4n) is 1.70. The summed E-state index contributed by atoms with van der Waals surface area (Å²) in [6.07, 6.45) is 5.46. The van der Waals surface area contributed by atoms with E-state index >= 15 is 0 Å². The van der Waals surface area contributed by atoms with Gasteiger partial charge in [0, 0.05) is 18.9 Å². The van der Waals surface area contributed by atoms with Crippen LogP contribution < -0.4 is 5.32 Å². The maximum absolute atomic E-state index is 11.1. The highest BCUT2D eigenvalue weighted by atomic mass is 16.4. The quantitative estimate of drug-likeness (QED) is 0.654. The Morgan fingerprint density at radius 3 is 3.00 bits per heavy atom. The molecule has 1 aliphatic rings. The first kappa shape index (κ1) is 8.25. The average molecular weight is 181 g/mol. The first-order valence-corrected chi connectivity index (χ1v) is 4.18. The van der Waals surface area contributed by atoms with E-state index in [1.54, 1.807) is 23.3 Å². The van der Waals surface area contributed by atoms with Crippen LogP contribution in [0.4, 0.5) is 0 Å². The first-order valence-electron chi connectivity index (χ1n) is 4.18. The largest absolute Gasteiger partial charge is 0.479 e. The van der Waals surface area contributed by atoms with Crippen LogP contribution in [0.5, 0.6) is 0 Å². The van der Waals surface area contributed by atoms with E-state index in [2.05, 4.69) is 10.3 Å². The van der Waals surface area contributed by atoms with Crippen molar-refractivity contribution in [2.75, 3.05) is 13.1 Å². The Hall–Kier alpha value is -1.36. The summed E-state index contributed by atoms with van der Waals surface area (Å²) in [5.74, 6) is -0.796. The van der Waals surface area contributed by atoms with Crippen molar-refractivity contribution in [3.8, 4) is 0 Å². The summed E-state index contributed by atoms with van der Waals surface area (Å²) in [6.45, 7) is 1.21. The monoisotopic (exact) mass is 181 g/mol. The zero-order valence-electron chi connectivity index (χ0n) is 7.10. The molecular weight excluding hydrogens is 170 g/mol. The number of imidazole rings is 1. The van der Waals surface area contributed by atoms with Gasteiger partial charge in [-0.05, 0) is 13.0 Å². The molecule has 0 aliphatic carbocycles. The number of nitrogens with one attached hydrogen (secondary N) is 1. The van der Waals surface area contributed by atoms with Crippen molar-refractivity contribution < 1.29 is 9.90 Å². The Kier molecular flexibility index (Phi) is 1.81. The molecule has 2 N–H and O–H groups in total. The molecule has 1 fully saturated rings. The number of carboxylic acids is 1. The highest BCUT2D eigenvalue weighted by Gasteiger charge is 2.42. The van der Waals surface area contributed by atoms with Crippen LogP contribution in [0.2, 0.25) is 0 Å². The van der Waals surface area contributed by atoms with Gasteiger partial charge in [-0.3, -0.25) is 0 Å². The Bertz CT molecular complexity index is 301. The van der Waals surface area contributed by atoms with Crippen molar-refractivity contribution in [1.82, 2.24) is 14.9 Å². The van der Waals surface area contributed by atoms with Gasteiger partial charge < -0.3 is 15.0 Å². The van der Waals surface area contributed by atoms with Crippen LogP contribution in [-0.4, -0.2) is 33.7 Å². The number of nitrogens with zero attached hydrogens (tertiary/aromatic N) is 2. The zero-order valence-corrected chi connectivity index (χ0v) is 7.10. The van der Waals surface area contributed by atoms with Crippen LogP contribution in [0.3, 0.4) is 0 Å². The number of aromatic nitrogens is 2. The van der Waals surface area contributed by atoms with Gasteiger partial charge in [-0.15, -0.1) is 0 Å². The van der Waals surface area contributed by atoms with Gasteiger partial charge >= 0.3 is 5.97 Å². The van der Waals surface area contributed by atoms with Crippen LogP contribution in [0.25, 0.3) is 0 Å². The molecule has 0 saturated carbocycles. The molecule has 13 heavy (non-hydrogen) atoms. The fraction of sp³-hybridized carbons (Fsp3) is 0.500. The third-order valence-electron chi connectivity index (χ3n) is 2.53. The molecule has 1 atom stereocenters. The summed E-state index contributed by atoms with van der Waals surface area (Å²) < 4.78 is 1.66. The molecule has 0 aromatic carbocycles. The summed E-state index contributed by atoms with van der Waals surface area (Å²) in [7, 11) is 0. The van der Waals surface area contributed by atoms with E-state index in [1.807, 2.05) is 0 Å². The van der Waals surface area contributed by atoms with Crippen LogP contribution >= 0.6 is 0 Å². The molecule has 2 heterocycles. The Morgan fingerprint density at radius 2 is 2.54 bits per heavy atom. The lowest BCUT2D eigenvalue weighted by Gasteiger charge is -2.24. The Labute approximate surface area is 75.4 Å². The van der Waals surface area contributed by atoms with E-state index in [0.29, 0.717) is 13.0 Å². The van der Waals surface area contributed by atoms with Gasteiger partial charge in [-0.2, -0.15) is 0 Å². The SMILES string of the molecule is O=C(O)C1(n2ccnc2)CCNC1. The van der Waals surface area contributed by atoms with Crippen molar-refractivity contribution in [2.24, 2.45) is 0 Å². The van der Waals surface area contributed by atoms with Gasteiger partial charge in [-0.25, -0.2) is 9.78 Å². The minimum atomic E-state index is -0.823. The smallest absolute Gasteiger partial charge is 0.331 e. The predicted octanol–water partition coefficient (Wildman–Crippen LogP) is -0.344. The first-order chi connectivity index (χ1) is 6.26. The number of rotatable bonds is 2. The van der Waals surface area contributed by atoms with Crippen molar-refractivity contribution in [3.05, 3.63) is 18.7 Å². The lowest BCUT2D eigenvalue weighted by molar-refractivity contribution is -0.146. The molecule has 0 radical (unpaired) electrons. The number of hydrogen-bond acceptors (Lipinski definition) is 3. The molecule has 5 heteroatoms. The van der Waals surface area contributed by atoms with Crippen molar-refractivity contribution >= 4 is 5.97 Å². The van der Waals surface area contributed by atoms with E-state index in [-0.39, 0.29) is 0 Å². The van der Waals surface area contributed by atoms with Gasteiger partial charge in [0.25, 0.3) is 0 Å². The summed E-state index contributed by atoms with van der Waals surface area (Å²) in [4.78, 5) is 15.0. The van der Waals surface area contributed by atoms with E-state index in [1.165, 1.54) is 0 Å². The van der Waals surface area contributed by atoms with E-state index in [0.717, 1.165) is 6.54 Å². The number of carboxylic acid groups (broad SMARTS) is 1. The molecular formula is C8H11N3O2. The Balaban J connectivity index is 2.39. The number of hydrogen-bond donors (Lipinski definition) is 2. The predicted molar refractivity (Wildman–Crippen MR) is 45.3 cm³/mol. The zero-order chi connectivity index (χ0) is 9.31. The number of aliphatic carboxylic acids is 1. The third-order valence-corrected chi connectivity index (χ3v) is 2.53. The topological polar surface area (TPSA) is 67.1 Å². The second-order valence-electron chi connectivity index (χ2n) is 3.23. The van der Waals surface area contributed by atoms with Crippen molar-refractivity contribution in [2.45, 2.75) is 12.0 Å². The van der Waals surface area contributed by atoms with E-state index in [4.69, 9.17) is 5.11 Å². The van der Waals surface area contributed by atoms with Crippen molar-refractivity contribution in [1.29, 1.82) is 0 Å². The summed E-state index contributed by atoms with van der Waals surface area (Å²) in [5, 5.41) is 12.2. The maximum atomic E-state index is 11.1. The molecule has 0 spiro atoms. The standard InChI is InChI=1S/C8H11N3O2/c12-7(13)8(1-2-9-5-8)11-4-3-10-6-11/h3-4,6,9H,1-2,5H2,(H,12,13). The molecule has 0 bridgehead atoms. The van der Waals surface area contributed by atoms with E-state index < -0.39 is 11.5 Å². The van der Waals surface area contributed by atoms with Crippen LogP contribution in [0, 0.1) is 0 Å². The lowest BCUT2D eigenvalue weighted by atomic mass is 9.99. The summed E-state index contributed by atoms with van der Waals surface area (Å²) >= 11 is 0. The minimum Gasteiger partial charge on any atom is -0.479 e. The molecule has 2 rings (SSSR count). The van der Waals surface area contributed by atoms with Crippen LogP contribution in [0.15, 0.2) is 18.7 Å².